The number of hydrogen-bond donors (Lipinski definition) is 0. The Morgan fingerprint density at radius 3 is 2.64 bits per heavy atom. The molecule has 7 heteroatoms. The normalized spacial score (nSPS) is 11.0. The second-order valence-corrected chi connectivity index (χ2v) is 4.89. The summed E-state index contributed by atoms with van der Waals surface area (Å²) in [6.45, 7) is 6.05. The lowest BCUT2D eigenvalue weighted by atomic mass is 10.1. The van der Waals surface area contributed by atoms with E-state index in [0.29, 0.717) is 16.7 Å². The lowest BCUT2D eigenvalue weighted by Crippen LogP contribution is -1.99. The van der Waals surface area contributed by atoms with Crippen molar-refractivity contribution in [3.05, 3.63) is 53.3 Å². The lowest BCUT2D eigenvalue weighted by Gasteiger charge is -2.06. The van der Waals surface area contributed by atoms with Crippen molar-refractivity contribution in [1.82, 2.24) is 10.3 Å². The Kier molecular flexibility index (Phi) is 6.45. The predicted octanol–water partition coefficient (Wildman–Crippen LogP) is 4.34. The summed E-state index contributed by atoms with van der Waals surface area (Å²) in [4.78, 5) is 5.34. The molecule has 3 rings (SSSR count). The van der Waals surface area contributed by atoms with E-state index in [9.17, 15) is 4.39 Å². The molecule has 0 saturated carbocycles. The molecule has 1 heterocycles. The third kappa shape index (κ3) is 4.53. The van der Waals surface area contributed by atoms with Crippen LogP contribution in [0, 0.1) is 5.82 Å². The first-order valence-electron chi connectivity index (χ1n) is 7.89. The highest BCUT2D eigenvalue weighted by molar-refractivity contribution is 5.98. The van der Waals surface area contributed by atoms with Crippen molar-refractivity contribution >= 4 is 16.7 Å². The van der Waals surface area contributed by atoms with Gasteiger partial charge in [0.2, 0.25) is 0 Å². The van der Waals surface area contributed by atoms with E-state index in [1.165, 1.54) is 13.2 Å². The Hall–Kier alpha value is -2.96. The first-order chi connectivity index (χ1) is 12.2. The zero-order valence-corrected chi connectivity index (χ0v) is 14.6. The number of benzene rings is 2. The predicted molar refractivity (Wildman–Crippen MR) is 93.1 cm³/mol. The van der Waals surface area contributed by atoms with Gasteiger partial charge in [0.15, 0.2) is 11.6 Å². The highest BCUT2D eigenvalue weighted by Gasteiger charge is 2.06. The van der Waals surface area contributed by atoms with Crippen molar-refractivity contribution in [3.8, 4) is 5.75 Å². The van der Waals surface area contributed by atoms with Gasteiger partial charge in [-0.3, -0.25) is 0 Å². The zero-order chi connectivity index (χ0) is 18.2. The van der Waals surface area contributed by atoms with Gasteiger partial charge in [-0.05, 0) is 53.1 Å². The molecule has 25 heavy (non-hydrogen) atoms. The second-order valence-electron chi connectivity index (χ2n) is 4.89. The van der Waals surface area contributed by atoms with E-state index >= 15 is 0 Å². The van der Waals surface area contributed by atoms with Crippen LogP contribution in [0.25, 0.3) is 11.0 Å². The Labute approximate surface area is 145 Å². The maximum atomic E-state index is 13.4. The molecule has 0 fully saturated rings. The van der Waals surface area contributed by atoms with Crippen LogP contribution in [-0.2, 0) is 11.4 Å². The van der Waals surface area contributed by atoms with Gasteiger partial charge < -0.3 is 9.57 Å². The SMILES string of the molecule is CC.COc1cc(/C(C)=N/OCc2ccc3nonc3c2)ccc1F. The van der Waals surface area contributed by atoms with Crippen LogP contribution in [0.5, 0.6) is 5.75 Å². The zero-order valence-electron chi connectivity index (χ0n) is 14.6. The average molecular weight is 345 g/mol. The summed E-state index contributed by atoms with van der Waals surface area (Å²) in [5.74, 6) is -0.250. The third-order valence-corrected chi connectivity index (χ3v) is 3.32. The maximum absolute atomic E-state index is 13.4. The average Bonchev–Trinajstić information content (AvgIpc) is 3.11. The molecule has 0 spiro atoms. The van der Waals surface area contributed by atoms with Crippen LogP contribution in [0.2, 0.25) is 0 Å². The number of halogens is 1. The van der Waals surface area contributed by atoms with Crippen molar-refractivity contribution in [1.29, 1.82) is 0 Å². The minimum Gasteiger partial charge on any atom is -0.494 e. The minimum absolute atomic E-state index is 0.168. The Bertz CT molecular complexity index is 862. The smallest absolute Gasteiger partial charge is 0.165 e. The van der Waals surface area contributed by atoms with E-state index in [-0.39, 0.29) is 12.4 Å². The van der Waals surface area contributed by atoms with Crippen molar-refractivity contribution in [2.24, 2.45) is 5.16 Å². The van der Waals surface area contributed by atoms with Gasteiger partial charge in [0, 0.05) is 5.56 Å². The molecule has 0 bridgehead atoms. The van der Waals surface area contributed by atoms with E-state index < -0.39 is 5.82 Å². The number of oxime groups is 1. The standard InChI is InChI=1S/C16H14FN3O3.C2H6/c1-10(12-4-5-13(17)16(8-12)21-2)18-22-9-11-3-6-14-15(7-11)20-23-19-14;1-2/h3-8H,9H2,1-2H3;1-2H3/b18-10+;. The molecule has 0 aliphatic heterocycles. The van der Waals surface area contributed by atoms with Gasteiger partial charge >= 0.3 is 0 Å². The molecule has 0 saturated heterocycles. The van der Waals surface area contributed by atoms with E-state index in [4.69, 9.17) is 9.57 Å². The molecule has 132 valence electrons. The second kappa shape index (κ2) is 8.77. The Balaban J connectivity index is 0.00000109. The van der Waals surface area contributed by atoms with E-state index in [0.717, 1.165) is 11.1 Å². The van der Waals surface area contributed by atoms with Gasteiger partial charge in [0.25, 0.3) is 0 Å². The molecule has 6 nitrogen and oxygen atoms in total. The van der Waals surface area contributed by atoms with Crippen LogP contribution in [0.1, 0.15) is 31.9 Å². The first-order valence-corrected chi connectivity index (χ1v) is 7.89. The van der Waals surface area contributed by atoms with Gasteiger partial charge in [-0.15, -0.1) is 0 Å². The van der Waals surface area contributed by atoms with Gasteiger partial charge in [-0.1, -0.05) is 25.1 Å². The number of rotatable bonds is 5. The first kappa shape index (κ1) is 18.4. The number of methoxy groups -OCH3 is 1. The van der Waals surface area contributed by atoms with E-state index in [1.54, 1.807) is 25.1 Å². The summed E-state index contributed by atoms with van der Waals surface area (Å²) >= 11 is 0. The molecule has 0 unspecified atom stereocenters. The van der Waals surface area contributed by atoms with Crippen molar-refractivity contribution in [2.75, 3.05) is 7.11 Å². The molecule has 0 aliphatic carbocycles. The fraction of sp³-hybridized carbons (Fsp3) is 0.278. The maximum Gasteiger partial charge on any atom is 0.165 e. The van der Waals surface area contributed by atoms with Gasteiger partial charge in [-0.2, -0.15) is 0 Å². The van der Waals surface area contributed by atoms with Crippen LogP contribution in [0.4, 0.5) is 4.39 Å². The lowest BCUT2D eigenvalue weighted by molar-refractivity contribution is 0.130. The van der Waals surface area contributed by atoms with Crippen LogP contribution in [0.15, 0.2) is 46.2 Å². The molecule has 0 radical (unpaired) electrons. The Morgan fingerprint density at radius 1 is 1.12 bits per heavy atom. The van der Waals surface area contributed by atoms with Crippen molar-refractivity contribution in [3.63, 3.8) is 0 Å². The minimum atomic E-state index is -0.417. The van der Waals surface area contributed by atoms with Gasteiger partial charge in [0.1, 0.15) is 17.6 Å². The highest BCUT2D eigenvalue weighted by Crippen LogP contribution is 2.19. The molecule has 1 aromatic heterocycles. The van der Waals surface area contributed by atoms with Gasteiger partial charge in [0.05, 0.1) is 12.8 Å². The number of aromatic nitrogens is 2. The van der Waals surface area contributed by atoms with E-state index in [2.05, 4.69) is 20.1 Å². The molecule has 0 amide bonds. The Morgan fingerprint density at radius 2 is 1.88 bits per heavy atom. The van der Waals surface area contributed by atoms with Crippen LogP contribution >= 0.6 is 0 Å². The molecule has 0 atom stereocenters. The van der Waals surface area contributed by atoms with Crippen LogP contribution in [0.3, 0.4) is 0 Å². The summed E-state index contributed by atoms with van der Waals surface area (Å²) in [6.07, 6.45) is 0. The monoisotopic (exact) mass is 345 g/mol. The summed E-state index contributed by atoms with van der Waals surface area (Å²) in [6, 6.07) is 10.00. The summed E-state index contributed by atoms with van der Waals surface area (Å²) < 4.78 is 23.0. The quantitative estimate of drug-likeness (QED) is 0.508. The number of nitrogens with zero attached hydrogens (tertiary/aromatic N) is 3. The van der Waals surface area contributed by atoms with Crippen LogP contribution < -0.4 is 4.74 Å². The van der Waals surface area contributed by atoms with Gasteiger partial charge in [-0.25, -0.2) is 9.02 Å². The highest BCUT2D eigenvalue weighted by atomic mass is 19.1. The number of fused-ring (bicyclic) bond motifs is 1. The van der Waals surface area contributed by atoms with Crippen molar-refractivity contribution in [2.45, 2.75) is 27.4 Å². The molecule has 0 aliphatic rings. The fourth-order valence-corrected chi connectivity index (χ4v) is 2.06. The number of ether oxygens (including phenoxy) is 1. The fourth-order valence-electron chi connectivity index (χ4n) is 2.06. The molecular weight excluding hydrogens is 325 g/mol. The molecule has 3 aromatic rings. The van der Waals surface area contributed by atoms with Crippen LogP contribution in [-0.4, -0.2) is 23.1 Å². The molecule has 2 aromatic carbocycles. The van der Waals surface area contributed by atoms with Crippen molar-refractivity contribution < 1.29 is 18.6 Å². The molecular formula is C18H20FN3O3. The summed E-state index contributed by atoms with van der Waals surface area (Å²) in [5.41, 5.74) is 3.58. The topological polar surface area (TPSA) is 69.7 Å². The largest absolute Gasteiger partial charge is 0.494 e. The third-order valence-electron chi connectivity index (χ3n) is 3.32. The summed E-state index contributed by atoms with van der Waals surface area (Å²) in [5, 5.41) is 11.5. The van der Waals surface area contributed by atoms with E-state index in [1.807, 2.05) is 26.0 Å². The summed E-state index contributed by atoms with van der Waals surface area (Å²) in [7, 11) is 1.42. The number of hydrogen-bond acceptors (Lipinski definition) is 6. The molecule has 0 N–H and O–H groups in total.